The maximum Gasteiger partial charge on any atom is 0.233 e. The smallest absolute Gasteiger partial charge is 0.233 e. The van der Waals surface area contributed by atoms with Crippen molar-refractivity contribution in [2.75, 3.05) is 13.1 Å². The summed E-state index contributed by atoms with van der Waals surface area (Å²) in [4.78, 5) is 11.4. The van der Waals surface area contributed by atoms with Crippen molar-refractivity contribution in [3.63, 3.8) is 0 Å². The second-order valence-electron chi connectivity index (χ2n) is 5.33. The Morgan fingerprint density at radius 2 is 1.80 bits per heavy atom. The third-order valence-electron chi connectivity index (χ3n) is 4.08. The van der Waals surface area contributed by atoms with Gasteiger partial charge in [-0.05, 0) is 30.5 Å². The lowest BCUT2D eigenvalue weighted by atomic mass is 9.69. The van der Waals surface area contributed by atoms with E-state index < -0.39 is 0 Å². The molecule has 0 saturated heterocycles. The Bertz CT molecular complexity index is 430. The minimum atomic E-state index is -0.222. The van der Waals surface area contributed by atoms with Gasteiger partial charge in [-0.2, -0.15) is 0 Å². The van der Waals surface area contributed by atoms with Crippen LogP contribution in [-0.4, -0.2) is 19.0 Å². The highest BCUT2D eigenvalue weighted by Crippen LogP contribution is 2.39. The fraction of sp³-hybridized carbons (Fsp3) is 0.533. The molecule has 3 N–H and O–H groups in total. The number of rotatable bonds is 4. The number of hydrogen-bond donors (Lipinski definition) is 2. The Hall–Kier alpha value is -1.13. The lowest BCUT2D eigenvalue weighted by Crippen LogP contribution is -2.44. The Balaban J connectivity index is 0.00000200. The first-order valence-electron chi connectivity index (χ1n) is 6.89. The number of hydrogen-bond acceptors (Lipinski definition) is 2. The zero-order valence-corrected chi connectivity index (χ0v) is 12.3. The van der Waals surface area contributed by atoms with E-state index in [9.17, 15) is 9.18 Å². The predicted molar refractivity (Wildman–Crippen MR) is 80.5 cm³/mol. The largest absolute Gasteiger partial charge is 0.354 e. The summed E-state index contributed by atoms with van der Waals surface area (Å²) in [5.74, 6) is -0.354. The highest BCUT2D eigenvalue weighted by Gasteiger charge is 2.34. The molecular weight excluding hydrogens is 279 g/mol. The third kappa shape index (κ3) is 3.93. The molecule has 1 aromatic carbocycles. The molecule has 1 amide bonds. The SMILES string of the molecule is Cl.NCC(=O)NCC1(c2ccc(F)cc2)CCCCC1. The van der Waals surface area contributed by atoms with Crippen molar-refractivity contribution in [3.05, 3.63) is 35.6 Å². The quantitative estimate of drug-likeness (QED) is 0.898. The summed E-state index contributed by atoms with van der Waals surface area (Å²) in [5, 5.41) is 2.90. The zero-order valence-electron chi connectivity index (χ0n) is 11.5. The van der Waals surface area contributed by atoms with Gasteiger partial charge in [0, 0.05) is 12.0 Å². The number of benzene rings is 1. The second kappa shape index (κ2) is 7.60. The van der Waals surface area contributed by atoms with E-state index in [1.807, 2.05) is 12.1 Å². The van der Waals surface area contributed by atoms with Crippen molar-refractivity contribution in [1.82, 2.24) is 5.32 Å². The van der Waals surface area contributed by atoms with Crippen LogP contribution < -0.4 is 11.1 Å². The number of carbonyl (C=O) groups is 1. The first-order chi connectivity index (χ1) is 9.16. The third-order valence-corrected chi connectivity index (χ3v) is 4.08. The van der Waals surface area contributed by atoms with Gasteiger partial charge in [0.2, 0.25) is 5.91 Å². The number of nitrogens with one attached hydrogen (secondary N) is 1. The molecule has 3 nitrogen and oxygen atoms in total. The van der Waals surface area contributed by atoms with E-state index in [1.54, 1.807) is 0 Å². The summed E-state index contributed by atoms with van der Waals surface area (Å²) in [7, 11) is 0. The topological polar surface area (TPSA) is 55.1 Å². The average Bonchev–Trinajstić information content (AvgIpc) is 2.46. The van der Waals surface area contributed by atoms with Gasteiger partial charge in [-0.3, -0.25) is 4.79 Å². The van der Waals surface area contributed by atoms with Gasteiger partial charge in [0.1, 0.15) is 5.82 Å². The van der Waals surface area contributed by atoms with Crippen molar-refractivity contribution in [3.8, 4) is 0 Å². The molecule has 5 heteroatoms. The van der Waals surface area contributed by atoms with Crippen LogP contribution in [0.2, 0.25) is 0 Å². The molecule has 1 aromatic rings. The number of halogens is 2. The fourth-order valence-corrected chi connectivity index (χ4v) is 2.94. The van der Waals surface area contributed by atoms with Crippen LogP contribution in [0.15, 0.2) is 24.3 Å². The molecule has 0 bridgehead atoms. The standard InChI is InChI=1S/C15H21FN2O.ClH/c16-13-6-4-12(5-7-13)15(8-2-1-3-9-15)11-18-14(19)10-17;/h4-7H,1-3,8-11,17H2,(H,18,19);1H. The second-order valence-corrected chi connectivity index (χ2v) is 5.33. The maximum absolute atomic E-state index is 13.1. The summed E-state index contributed by atoms with van der Waals surface area (Å²) >= 11 is 0. The molecule has 112 valence electrons. The summed E-state index contributed by atoms with van der Waals surface area (Å²) in [5.41, 5.74) is 6.39. The van der Waals surface area contributed by atoms with Crippen molar-refractivity contribution in [2.45, 2.75) is 37.5 Å². The molecule has 0 unspecified atom stereocenters. The van der Waals surface area contributed by atoms with Crippen molar-refractivity contribution < 1.29 is 9.18 Å². The van der Waals surface area contributed by atoms with Crippen LogP contribution in [0, 0.1) is 5.82 Å². The Morgan fingerprint density at radius 3 is 2.35 bits per heavy atom. The molecular formula is C15H22ClFN2O. The normalized spacial score (nSPS) is 17.1. The Kier molecular flexibility index (Phi) is 6.43. The van der Waals surface area contributed by atoms with Gasteiger partial charge in [0.05, 0.1) is 6.54 Å². The molecule has 0 atom stereocenters. The Labute approximate surface area is 125 Å². The van der Waals surface area contributed by atoms with E-state index in [0.29, 0.717) is 6.54 Å². The lowest BCUT2D eigenvalue weighted by Gasteiger charge is -2.38. The summed E-state index contributed by atoms with van der Waals surface area (Å²) in [6.45, 7) is 0.605. The van der Waals surface area contributed by atoms with E-state index in [2.05, 4.69) is 5.32 Å². The van der Waals surface area contributed by atoms with E-state index in [1.165, 1.54) is 18.6 Å². The predicted octanol–water partition coefficient (Wildman–Crippen LogP) is 2.52. The molecule has 1 saturated carbocycles. The molecule has 0 aromatic heterocycles. The minimum absolute atomic E-state index is 0. The van der Waals surface area contributed by atoms with E-state index in [0.717, 1.165) is 31.2 Å². The molecule has 0 spiro atoms. The van der Waals surface area contributed by atoms with Gasteiger partial charge in [0.15, 0.2) is 0 Å². The minimum Gasteiger partial charge on any atom is -0.354 e. The number of carbonyl (C=O) groups excluding carboxylic acids is 1. The Morgan fingerprint density at radius 1 is 1.20 bits per heavy atom. The average molecular weight is 301 g/mol. The van der Waals surface area contributed by atoms with Crippen molar-refractivity contribution >= 4 is 18.3 Å². The fourth-order valence-electron chi connectivity index (χ4n) is 2.94. The molecule has 0 heterocycles. The molecule has 1 fully saturated rings. The van der Waals surface area contributed by atoms with Crippen LogP contribution in [0.3, 0.4) is 0 Å². The molecule has 1 aliphatic rings. The van der Waals surface area contributed by atoms with E-state index in [4.69, 9.17) is 5.73 Å². The summed E-state index contributed by atoms with van der Waals surface area (Å²) in [6, 6.07) is 6.68. The van der Waals surface area contributed by atoms with Crippen molar-refractivity contribution in [1.29, 1.82) is 0 Å². The van der Waals surface area contributed by atoms with Crippen LogP contribution in [0.1, 0.15) is 37.7 Å². The number of amides is 1. The van der Waals surface area contributed by atoms with Gasteiger partial charge in [-0.25, -0.2) is 4.39 Å². The highest BCUT2D eigenvalue weighted by atomic mass is 35.5. The van der Waals surface area contributed by atoms with Crippen molar-refractivity contribution in [2.24, 2.45) is 5.73 Å². The lowest BCUT2D eigenvalue weighted by molar-refractivity contribution is -0.120. The summed E-state index contributed by atoms with van der Waals surface area (Å²) in [6.07, 6.45) is 5.59. The van der Waals surface area contributed by atoms with Crippen LogP contribution in [0.5, 0.6) is 0 Å². The molecule has 20 heavy (non-hydrogen) atoms. The molecule has 0 radical (unpaired) electrons. The van der Waals surface area contributed by atoms with Gasteiger partial charge < -0.3 is 11.1 Å². The van der Waals surface area contributed by atoms with Crippen LogP contribution in [-0.2, 0) is 10.2 Å². The zero-order chi connectivity index (χ0) is 13.7. The first-order valence-corrected chi connectivity index (χ1v) is 6.89. The van der Waals surface area contributed by atoms with Gasteiger partial charge in [-0.15, -0.1) is 12.4 Å². The van der Waals surface area contributed by atoms with Gasteiger partial charge in [0.25, 0.3) is 0 Å². The molecule has 0 aliphatic heterocycles. The summed E-state index contributed by atoms with van der Waals surface area (Å²) < 4.78 is 13.1. The van der Waals surface area contributed by atoms with Crippen LogP contribution in [0.25, 0.3) is 0 Å². The highest BCUT2D eigenvalue weighted by molar-refractivity contribution is 5.85. The molecule has 1 aliphatic carbocycles. The van der Waals surface area contributed by atoms with Crippen LogP contribution >= 0.6 is 12.4 Å². The van der Waals surface area contributed by atoms with Gasteiger partial charge in [-0.1, -0.05) is 31.4 Å². The number of nitrogens with two attached hydrogens (primary N) is 1. The van der Waals surface area contributed by atoms with E-state index >= 15 is 0 Å². The van der Waals surface area contributed by atoms with E-state index in [-0.39, 0.29) is 36.1 Å². The monoisotopic (exact) mass is 300 g/mol. The van der Waals surface area contributed by atoms with Gasteiger partial charge >= 0.3 is 0 Å². The molecule has 2 rings (SSSR count). The first kappa shape index (κ1) is 16.9. The van der Waals surface area contributed by atoms with Crippen LogP contribution in [0.4, 0.5) is 4.39 Å². The maximum atomic E-state index is 13.1.